The van der Waals surface area contributed by atoms with Crippen LogP contribution in [0.2, 0.25) is 0 Å². The average molecular weight is 315 g/mol. The van der Waals surface area contributed by atoms with Gasteiger partial charge in [-0.2, -0.15) is 0 Å². The zero-order valence-corrected chi connectivity index (χ0v) is 13.2. The number of hydrogen-bond donors (Lipinski definition) is 1. The summed E-state index contributed by atoms with van der Waals surface area (Å²) in [5.74, 6) is 0.848. The fourth-order valence-corrected chi connectivity index (χ4v) is 2.89. The molecule has 6 nitrogen and oxygen atoms in total. The van der Waals surface area contributed by atoms with Crippen LogP contribution in [-0.4, -0.2) is 41.6 Å². The maximum absolute atomic E-state index is 12.5. The van der Waals surface area contributed by atoms with Gasteiger partial charge in [-0.3, -0.25) is 9.59 Å². The quantitative estimate of drug-likeness (QED) is 0.924. The molecule has 1 atom stereocenters. The second-order valence-electron chi connectivity index (χ2n) is 5.81. The van der Waals surface area contributed by atoms with E-state index in [1.807, 2.05) is 11.9 Å². The van der Waals surface area contributed by atoms with Gasteiger partial charge in [-0.15, -0.1) is 0 Å². The van der Waals surface area contributed by atoms with Crippen molar-refractivity contribution in [2.24, 2.45) is 0 Å². The Morgan fingerprint density at radius 3 is 3.00 bits per heavy atom. The third-order valence-electron chi connectivity index (χ3n) is 4.21. The Morgan fingerprint density at radius 1 is 1.35 bits per heavy atom. The van der Waals surface area contributed by atoms with Crippen LogP contribution >= 0.6 is 0 Å². The summed E-state index contributed by atoms with van der Waals surface area (Å²) in [6, 6.07) is 8.78. The molecular weight excluding hydrogens is 294 g/mol. The predicted octanol–water partition coefficient (Wildman–Crippen LogP) is 1.31. The van der Waals surface area contributed by atoms with Crippen LogP contribution in [0.3, 0.4) is 0 Å². The highest BCUT2D eigenvalue weighted by molar-refractivity contribution is 5.91. The van der Waals surface area contributed by atoms with E-state index in [0.29, 0.717) is 30.7 Å². The minimum absolute atomic E-state index is 0.0865. The lowest BCUT2D eigenvalue weighted by Gasteiger charge is -2.31. The van der Waals surface area contributed by atoms with Gasteiger partial charge < -0.3 is 19.2 Å². The molecule has 23 heavy (non-hydrogen) atoms. The van der Waals surface area contributed by atoms with Gasteiger partial charge in [-0.05, 0) is 38.1 Å². The average Bonchev–Trinajstić information content (AvgIpc) is 3.05. The van der Waals surface area contributed by atoms with Gasteiger partial charge in [0.15, 0.2) is 5.76 Å². The summed E-state index contributed by atoms with van der Waals surface area (Å²) in [7, 11) is 1.92. The molecule has 0 spiro atoms. The van der Waals surface area contributed by atoms with Gasteiger partial charge in [-0.1, -0.05) is 6.07 Å². The van der Waals surface area contributed by atoms with Crippen LogP contribution in [0.4, 0.5) is 0 Å². The van der Waals surface area contributed by atoms with Crippen molar-refractivity contribution in [3.8, 4) is 0 Å². The van der Waals surface area contributed by atoms with E-state index >= 15 is 0 Å². The van der Waals surface area contributed by atoms with Crippen molar-refractivity contribution in [1.29, 1.82) is 0 Å². The lowest BCUT2D eigenvalue weighted by molar-refractivity contribution is 0.0664. The SMILES string of the molecule is CN[C@@H]1CCCN(C(=O)c2ccc(Cn3ccccc3=O)o2)C1. The molecule has 1 saturated heterocycles. The van der Waals surface area contributed by atoms with Crippen LogP contribution in [0.5, 0.6) is 0 Å². The molecule has 1 fully saturated rings. The maximum atomic E-state index is 12.5. The third kappa shape index (κ3) is 3.53. The van der Waals surface area contributed by atoms with E-state index in [4.69, 9.17) is 4.42 Å². The number of amides is 1. The van der Waals surface area contributed by atoms with Gasteiger partial charge >= 0.3 is 0 Å². The number of piperidine rings is 1. The fourth-order valence-electron chi connectivity index (χ4n) is 2.89. The van der Waals surface area contributed by atoms with E-state index < -0.39 is 0 Å². The molecule has 1 amide bonds. The van der Waals surface area contributed by atoms with Crippen molar-refractivity contribution in [3.63, 3.8) is 0 Å². The Balaban J connectivity index is 1.70. The number of likely N-dealkylation sites (N-methyl/N-ethyl adjacent to an activating group) is 1. The molecule has 3 rings (SSSR count). The Kier molecular flexibility index (Phi) is 4.62. The molecule has 0 bridgehead atoms. The van der Waals surface area contributed by atoms with Crippen molar-refractivity contribution in [2.75, 3.05) is 20.1 Å². The van der Waals surface area contributed by atoms with Gasteiger partial charge in [0.2, 0.25) is 0 Å². The summed E-state index contributed by atoms with van der Waals surface area (Å²) >= 11 is 0. The molecule has 0 radical (unpaired) electrons. The van der Waals surface area contributed by atoms with Gasteiger partial charge in [0, 0.05) is 31.4 Å². The molecule has 3 heterocycles. The van der Waals surface area contributed by atoms with Crippen LogP contribution in [0.15, 0.2) is 45.7 Å². The number of pyridine rings is 1. The predicted molar refractivity (Wildman–Crippen MR) is 86.5 cm³/mol. The standard InChI is InChI=1S/C17H21N3O3/c1-18-13-5-4-10-20(11-13)17(22)15-8-7-14(23-15)12-19-9-3-2-6-16(19)21/h2-3,6-9,13,18H,4-5,10-12H2,1H3/t13-/m1/s1. The Hall–Kier alpha value is -2.34. The summed E-state index contributed by atoms with van der Waals surface area (Å²) in [6.07, 6.45) is 3.78. The molecule has 0 aliphatic carbocycles. The van der Waals surface area contributed by atoms with Gasteiger partial charge in [0.05, 0.1) is 6.54 Å². The van der Waals surface area contributed by atoms with E-state index in [1.165, 1.54) is 6.07 Å². The van der Waals surface area contributed by atoms with Gasteiger partial charge in [0.25, 0.3) is 11.5 Å². The van der Waals surface area contributed by atoms with Crippen molar-refractivity contribution >= 4 is 5.91 Å². The van der Waals surface area contributed by atoms with Crippen molar-refractivity contribution in [1.82, 2.24) is 14.8 Å². The smallest absolute Gasteiger partial charge is 0.289 e. The molecule has 0 saturated carbocycles. The van der Waals surface area contributed by atoms with E-state index in [-0.39, 0.29) is 11.5 Å². The summed E-state index contributed by atoms with van der Waals surface area (Å²) in [5, 5.41) is 3.22. The number of nitrogens with zero attached hydrogens (tertiary/aromatic N) is 2. The topological polar surface area (TPSA) is 67.5 Å². The second-order valence-corrected chi connectivity index (χ2v) is 5.81. The number of carbonyl (C=O) groups excluding carboxylic acids is 1. The number of aromatic nitrogens is 1. The lowest BCUT2D eigenvalue weighted by Crippen LogP contribution is -2.46. The third-order valence-corrected chi connectivity index (χ3v) is 4.21. The molecule has 0 unspecified atom stereocenters. The number of nitrogens with one attached hydrogen (secondary N) is 1. The van der Waals surface area contributed by atoms with E-state index in [0.717, 1.165) is 19.4 Å². The van der Waals surface area contributed by atoms with Crippen molar-refractivity contribution in [2.45, 2.75) is 25.4 Å². The van der Waals surface area contributed by atoms with Crippen LogP contribution in [-0.2, 0) is 6.54 Å². The first-order valence-corrected chi connectivity index (χ1v) is 7.88. The molecular formula is C17H21N3O3. The number of likely N-dealkylation sites (tertiary alicyclic amines) is 1. The molecule has 2 aromatic heterocycles. The first-order valence-electron chi connectivity index (χ1n) is 7.88. The molecule has 1 N–H and O–H groups in total. The summed E-state index contributed by atoms with van der Waals surface area (Å²) in [5.41, 5.74) is -0.0929. The number of furan rings is 1. The highest BCUT2D eigenvalue weighted by Gasteiger charge is 2.25. The minimum atomic E-state index is -0.0929. The summed E-state index contributed by atoms with van der Waals surface area (Å²) < 4.78 is 7.20. The second kappa shape index (κ2) is 6.83. The maximum Gasteiger partial charge on any atom is 0.289 e. The lowest BCUT2D eigenvalue weighted by atomic mass is 10.1. The largest absolute Gasteiger partial charge is 0.454 e. The van der Waals surface area contributed by atoms with Crippen LogP contribution < -0.4 is 10.9 Å². The molecule has 1 aliphatic heterocycles. The first kappa shape index (κ1) is 15.6. The Labute approximate surface area is 134 Å². The van der Waals surface area contributed by atoms with Crippen LogP contribution in [0.1, 0.15) is 29.2 Å². The Morgan fingerprint density at radius 2 is 2.22 bits per heavy atom. The highest BCUT2D eigenvalue weighted by atomic mass is 16.4. The first-order chi connectivity index (χ1) is 11.2. The van der Waals surface area contributed by atoms with E-state index in [2.05, 4.69) is 5.32 Å². The normalized spacial score (nSPS) is 18.1. The molecule has 0 aromatic carbocycles. The molecule has 2 aromatic rings. The van der Waals surface area contributed by atoms with Crippen molar-refractivity contribution in [3.05, 3.63) is 58.4 Å². The number of hydrogen-bond acceptors (Lipinski definition) is 4. The van der Waals surface area contributed by atoms with E-state index in [1.54, 1.807) is 35.0 Å². The Bertz CT molecular complexity index is 734. The van der Waals surface area contributed by atoms with Gasteiger partial charge in [0.1, 0.15) is 5.76 Å². The van der Waals surface area contributed by atoms with Gasteiger partial charge in [-0.25, -0.2) is 0 Å². The monoisotopic (exact) mass is 315 g/mol. The zero-order chi connectivity index (χ0) is 16.2. The van der Waals surface area contributed by atoms with Crippen LogP contribution in [0, 0.1) is 0 Å². The van der Waals surface area contributed by atoms with E-state index in [9.17, 15) is 9.59 Å². The number of rotatable bonds is 4. The summed E-state index contributed by atoms with van der Waals surface area (Å²) in [6.45, 7) is 1.78. The van der Waals surface area contributed by atoms with Crippen LogP contribution in [0.25, 0.3) is 0 Å². The summed E-state index contributed by atoms with van der Waals surface area (Å²) in [4.78, 5) is 26.1. The molecule has 122 valence electrons. The zero-order valence-electron chi connectivity index (χ0n) is 13.2. The highest BCUT2D eigenvalue weighted by Crippen LogP contribution is 2.16. The minimum Gasteiger partial charge on any atom is -0.454 e. The molecule has 1 aliphatic rings. The number of carbonyl (C=O) groups is 1. The molecule has 6 heteroatoms. The fraction of sp³-hybridized carbons (Fsp3) is 0.412. The van der Waals surface area contributed by atoms with Crippen molar-refractivity contribution < 1.29 is 9.21 Å².